The van der Waals surface area contributed by atoms with E-state index in [0.29, 0.717) is 6.42 Å². The Hall–Kier alpha value is 1.05. The molecule has 0 aliphatic rings. The van der Waals surface area contributed by atoms with Gasteiger partial charge in [-0.15, -0.1) is 0 Å². The third kappa shape index (κ3) is 6.23. The maximum Gasteiger partial charge on any atom is 1.00 e. The second-order valence-corrected chi connectivity index (χ2v) is 3.58. The minimum Gasteiger partial charge on any atom is -0.547 e. The van der Waals surface area contributed by atoms with Gasteiger partial charge in [-0.05, 0) is 6.42 Å². The van der Waals surface area contributed by atoms with E-state index in [1.54, 1.807) is 0 Å². The Morgan fingerprint density at radius 2 is 2.00 bits per heavy atom. The molecule has 0 aliphatic carbocycles. The maximum absolute atomic E-state index is 10.2. The van der Waals surface area contributed by atoms with Gasteiger partial charge in [0.15, 0.2) is 4.33 Å². The van der Waals surface area contributed by atoms with Crippen LogP contribution in [0.5, 0.6) is 0 Å². The van der Waals surface area contributed by atoms with E-state index in [0.717, 1.165) is 6.42 Å². The fraction of sp³-hybridized carbons (Fsp3) is 0.833. The van der Waals surface area contributed by atoms with Gasteiger partial charge in [0.05, 0.1) is 5.97 Å². The van der Waals surface area contributed by atoms with Gasteiger partial charge in [-0.3, -0.25) is 0 Å². The second-order valence-electron chi connectivity index (χ2n) is 2.10. The van der Waals surface area contributed by atoms with Gasteiger partial charge in [0.2, 0.25) is 0 Å². The summed E-state index contributed by atoms with van der Waals surface area (Å²) < 4.78 is -1.70. The summed E-state index contributed by atoms with van der Waals surface area (Å²) in [6.45, 7) is 1.93. The van der Waals surface area contributed by atoms with Crippen LogP contribution in [0.15, 0.2) is 0 Å². The van der Waals surface area contributed by atoms with Crippen molar-refractivity contribution in [3.05, 3.63) is 0 Å². The third-order valence-electron chi connectivity index (χ3n) is 1.14. The number of hydrogen-bond acceptors (Lipinski definition) is 2. The van der Waals surface area contributed by atoms with E-state index in [1.165, 1.54) is 0 Å². The number of hydrogen-bond donors (Lipinski definition) is 0. The first-order valence-electron chi connectivity index (χ1n) is 3.10. The summed E-state index contributed by atoms with van der Waals surface area (Å²) in [6.07, 6.45) is 1.81. The van der Waals surface area contributed by atoms with Gasteiger partial charge in [-0.1, -0.05) is 43.0 Å². The fourth-order valence-corrected chi connectivity index (χ4v) is 0.768. The van der Waals surface area contributed by atoms with Gasteiger partial charge in [0.25, 0.3) is 0 Å². The van der Waals surface area contributed by atoms with Crippen molar-refractivity contribution in [2.75, 3.05) is 0 Å². The van der Waals surface area contributed by atoms with Gasteiger partial charge >= 0.3 is 29.6 Å². The van der Waals surface area contributed by atoms with E-state index in [2.05, 4.69) is 0 Å². The molecule has 0 amide bonds. The van der Waals surface area contributed by atoms with Crippen molar-refractivity contribution < 1.29 is 39.5 Å². The van der Waals surface area contributed by atoms with E-state index >= 15 is 0 Å². The Balaban J connectivity index is 0. The van der Waals surface area contributed by atoms with Crippen LogP contribution in [0.25, 0.3) is 0 Å². The number of carbonyl (C=O) groups excluding carboxylic acids is 1. The molecule has 2 nitrogen and oxygen atoms in total. The normalized spacial score (nSPS) is 10.5. The number of carbonyl (C=O) groups is 1. The largest absolute Gasteiger partial charge is 1.00 e. The van der Waals surface area contributed by atoms with Crippen LogP contribution in [-0.4, -0.2) is 10.3 Å². The summed E-state index contributed by atoms with van der Waals surface area (Å²) in [5.41, 5.74) is 0. The zero-order chi connectivity index (χ0) is 8.20. The molecule has 0 saturated heterocycles. The summed E-state index contributed by atoms with van der Waals surface area (Å²) in [4.78, 5) is 10.2. The monoisotopic (exact) mass is 206 g/mol. The van der Waals surface area contributed by atoms with E-state index in [4.69, 9.17) is 23.2 Å². The number of unbranched alkanes of at least 4 members (excludes halogenated alkanes) is 1. The van der Waals surface area contributed by atoms with Crippen molar-refractivity contribution in [1.82, 2.24) is 0 Å². The summed E-state index contributed by atoms with van der Waals surface area (Å²) in [6, 6.07) is 0. The molecule has 0 rings (SSSR count). The van der Waals surface area contributed by atoms with E-state index in [9.17, 15) is 9.90 Å². The molecule has 0 spiro atoms. The number of carboxylic acid groups (broad SMARTS) is 1. The van der Waals surface area contributed by atoms with Gasteiger partial charge in [0, 0.05) is 0 Å². The molecule has 60 valence electrons. The molecule has 5 heteroatoms. The van der Waals surface area contributed by atoms with E-state index in [-0.39, 0.29) is 36.0 Å². The van der Waals surface area contributed by atoms with E-state index < -0.39 is 10.3 Å². The summed E-state index contributed by atoms with van der Waals surface area (Å²) in [5, 5.41) is 10.2. The molecule has 11 heavy (non-hydrogen) atoms. The molecule has 0 fully saturated rings. The van der Waals surface area contributed by atoms with Crippen molar-refractivity contribution in [2.45, 2.75) is 30.5 Å². The van der Waals surface area contributed by atoms with Crippen LogP contribution in [0.4, 0.5) is 0 Å². The van der Waals surface area contributed by atoms with Crippen molar-refractivity contribution in [3.8, 4) is 0 Å². The maximum atomic E-state index is 10.2. The predicted octanol–water partition coefficient (Wildman–Crippen LogP) is -1.90. The molecule has 0 radical (unpaired) electrons. The first-order chi connectivity index (χ1) is 4.50. The van der Waals surface area contributed by atoms with Crippen LogP contribution in [0.1, 0.15) is 26.2 Å². The topological polar surface area (TPSA) is 40.1 Å². The first kappa shape index (κ1) is 14.6. The first-order valence-corrected chi connectivity index (χ1v) is 3.85. The van der Waals surface area contributed by atoms with Gasteiger partial charge in [-0.25, -0.2) is 0 Å². The van der Waals surface area contributed by atoms with Crippen molar-refractivity contribution in [3.63, 3.8) is 0 Å². The molecule has 0 aliphatic heterocycles. The average Bonchev–Trinajstić information content (AvgIpc) is 1.84. The molecule has 0 aromatic carbocycles. The zero-order valence-electron chi connectivity index (χ0n) is 6.69. The second kappa shape index (κ2) is 6.55. The summed E-state index contributed by atoms with van der Waals surface area (Å²) >= 11 is 10.7. The molecule has 0 N–H and O–H groups in total. The van der Waals surface area contributed by atoms with Crippen LogP contribution < -0.4 is 34.7 Å². The summed E-state index contributed by atoms with van der Waals surface area (Å²) in [7, 11) is 0. The molecule has 0 atom stereocenters. The summed E-state index contributed by atoms with van der Waals surface area (Å²) in [5.74, 6) is -1.41. The average molecular weight is 207 g/mol. The molecule has 0 aromatic heterocycles. The zero-order valence-corrected chi connectivity index (χ0v) is 10.2. The van der Waals surface area contributed by atoms with Crippen LogP contribution in [0.3, 0.4) is 0 Å². The number of rotatable bonds is 4. The van der Waals surface area contributed by atoms with Crippen molar-refractivity contribution in [1.29, 1.82) is 0 Å². The molecule has 0 saturated carbocycles. The van der Waals surface area contributed by atoms with Crippen LogP contribution in [-0.2, 0) is 4.79 Å². The quantitative estimate of drug-likeness (QED) is 0.399. The Kier molecular flexibility index (Phi) is 8.68. The number of halogens is 2. The minimum absolute atomic E-state index is 0. The number of alkyl halides is 2. The molecule has 0 unspecified atom stereocenters. The van der Waals surface area contributed by atoms with Gasteiger partial charge in [-0.2, -0.15) is 0 Å². The van der Waals surface area contributed by atoms with Gasteiger partial charge < -0.3 is 9.90 Å². The van der Waals surface area contributed by atoms with Gasteiger partial charge in [0.1, 0.15) is 0 Å². The molecular formula is C6H9Cl2NaO2. The SMILES string of the molecule is CCCCC(Cl)(Cl)C(=O)[O-].[Na+]. The molecule has 0 bridgehead atoms. The Morgan fingerprint density at radius 3 is 2.27 bits per heavy atom. The van der Waals surface area contributed by atoms with Crippen molar-refractivity contribution >= 4 is 29.2 Å². The number of carboxylic acids is 1. The predicted molar refractivity (Wildman–Crippen MR) is 39.0 cm³/mol. The Morgan fingerprint density at radius 1 is 1.55 bits per heavy atom. The molecule has 0 heterocycles. The van der Waals surface area contributed by atoms with Crippen LogP contribution in [0.2, 0.25) is 0 Å². The third-order valence-corrected chi connectivity index (χ3v) is 1.83. The standard InChI is InChI=1S/C6H10Cl2O2.Na/c1-2-3-4-6(7,8)5(9)10;/h2-4H2,1H3,(H,9,10);/q;+1/p-1. The molecular weight excluding hydrogens is 198 g/mol. The van der Waals surface area contributed by atoms with Crippen LogP contribution in [0, 0.1) is 0 Å². The Bertz CT molecular complexity index is 128. The van der Waals surface area contributed by atoms with Crippen LogP contribution >= 0.6 is 23.2 Å². The smallest absolute Gasteiger partial charge is 0.547 e. The van der Waals surface area contributed by atoms with Crippen molar-refractivity contribution in [2.24, 2.45) is 0 Å². The molecule has 0 aromatic rings. The van der Waals surface area contributed by atoms with E-state index in [1.807, 2.05) is 6.92 Å². The number of aliphatic carboxylic acids is 1. The minimum atomic E-state index is -1.70. The Labute approximate surface area is 98.5 Å². The fourth-order valence-electron chi connectivity index (χ4n) is 0.501.